The average Bonchev–Trinajstić information content (AvgIpc) is 1.77. The first kappa shape index (κ1) is 102. The predicted molar refractivity (Wildman–Crippen MR) is 500 cm³/mol. The van der Waals surface area contributed by atoms with Crippen molar-refractivity contribution in [1.29, 1.82) is 0 Å². The molecule has 710 valence electrons. The summed E-state index contributed by atoms with van der Waals surface area (Å²) in [5.41, 5.74) is 9.50. The Hall–Kier alpha value is -13.1. The normalized spacial score (nSPS) is 23.7. The molecule has 33 heteroatoms. The second-order valence-corrected chi connectivity index (χ2v) is 36.6. The lowest BCUT2D eigenvalue weighted by Crippen LogP contribution is -2.60. The number of nitrogens with two attached hydrogens (primary N) is 1. The molecule has 0 unspecified atom stereocenters. The lowest BCUT2D eigenvalue weighted by molar-refractivity contribution is -0.152. The first-order chi connectivity index (χ1) is 63.7. The zero-order chi connectivity index (χ0) is 96.1. The van der Waals surface area contributed by atoms with Gasteiger partial charge >= 0.3 is 0 Å². The van der Waals surface area contributed by atoms with E-state index in [2.05, 4.69) is 36.9 Å². The summed E-state index contributed by atoms with van der Waals surface area (Å²) in [6, 6.07) is 29.9. The van der Waals surface area contributed by atoms with Crippen LogP contribution in [0.25, 0.3) is 10.9 Å². The van der Waals surface area contributed by atoms with Crippen LogP contribution in [0, 0.1) is 23.7 Å². The molecule has 0 bridgehead atoms. The van der Waals surface area contributed by atoms with E-state index in [0.29, 0.717) is 63.5 Å². The molecule has 0 radical (unpaired) electrons. The number of hydrogen-bond donors (Lipinski definition) is 10. The number of unbranched alkanes of at least 4 members (excludes halogenated alkanes) is 1. The fourth-order valence-electron chi connectivity index (χ4n) is 17.5. The molecule has 13 atom stereocenters. The number of aromatic amines is 1. The standard InChI is InChI=1S/C100H125N13O19S/c1-9-10-32-83-100(131)112-45-22-33-81(112)88(119)54-69(57-132-60-114)87(118)55-73(62(4)5)96(127)110(7)84(51-64-26-16-12-17-27-64)95(126)107-79(50-67-37-41-71(116)42-38-67)98(129)113-46-23-34-82(113)94(125)106-77(53-68-56-102-74-31-21-20-30-72(68)74)93(124)105-76(48-66-35-39-70(115)40-36-66)92(123)104-75(47-61(2)3)91(122)108-80(86(117)43-44-89(101)120)58-133-59-90(121)103-78(49-63-24-14-11-15-25-63)97(128)111(8)85(99(130)109(83)6)52-65-28-18-13-19-29-65/h11-21,24-31,35-42,56,60-62,69,73,75-85,102,115-116H,9-10,22-23,32-34,43-55,57-59H2,1-8H3,(H2,101,120)(H,103,121)(H,104,123)(H,105,124)(H,106,125)(H,107,126)(H,108,122)/t69-,73-,75-,76-,77-,78-,79-,80-,81-,82-,83-,84-,85-/m0/s1. The van der Waals surface area contributed by atoms with Gasteiger partial charge in [0.15, 0.2) is 11.6 Å². The SMILES string of the molecule is CCCC[C@H]1C(=O)N2CCC[C@H]2C(=O)C[C@@H](COC=O)C(=O)C[C@@H](C(C)C)C(=O)N(C)[C@@H](Cc2ccccc2)C(=O)N[C@@H](Cc2ccc(O)cc2)C(=O)N2CCC[C@H]2C(=O)N[C@@H](Cc2c[nH]c3ccccc23)C(=O)N[C@@H](Cc2ccc(O)cc2)C(=O)N[C@@H](CC(C)C)C(=O)N[C@H](C(=O)CCC(N)=O)CSCC(=O)N[C@@H](Cc2ccccc2)C(=O)N(C)[C@@H](Cc2ccccc2)C(=O)N1C. The van der Waals surface area contributed by atoms with Crippen molar-refractivity contribution in [1.82, 2.24) is 61.4 Å². The summed E-state index contributed by atoms with van der Waals surface area (Å²) in [7, 11) is 4.27. The Labute approximate surface area is 779 Å². The summed E-state index contributed by atoms with van der Waals surface area (Å²) >= 11 is 0.893. The number of nitrogens with zero attached hydrogens (tertiary/aromatic N) is 5. The third kappa shape index (κ3) is 28.7. The number of carbonyl (C=O) groups is 16. The van der Waals surface area contributed by atoms with Gasteiger partial charge in [-0.15, -0.1) is 11.8 Å². The largest absolute Gasteiger partial charge is 0.508 e. The van der Waals surface area contributed by atoms with Crippen LogP contribution in [0.3, 0.4) is 0 Å². The Balaban J connectivity index is 1.05. The second-order valence-electron chi connectivity index (χ2n) is 35.6. The summed E-state index contributed by atoms with van der Waals surface area (Å²) in [6.07, 6.45) is 0.558. The number of thioether (sulfide) groups is 1. The maximum atomic E-state index is 15.8. The minimum Gasteiger partial charge on any atom is -0.508 e. The summed E-state index contributed by atoms with van der Waals surface area (Å²) in [4.78, 5) is 249. The van der Waals surface area contributed by atoms with Crippen molar-refractivity contribution in [2.24, 2.45) is 29.4 Å². The Morgan fingerprint density at radius 2 is 0.985 bits per heavy atom. The molecule has 0 spiro atoms. The van der Waals surface area contributed by atoms with Gasteiger partial charge < -0.3 is 82.1 Å². The number of phenols is 2. The topological polar surface area (TPSA) is 453 Å². The summed E-state index contributed by atoms with van der Waals surface area (Å²) in [5.74, 6) is -15.6. The number of fused-ring (bicyclic) bond motifs is 3. The minimum absolute atomic E-state index is 0.0271. The fraction of sp³-hybridized carbons (Fsp3) is 0.460. The van der Waals surface area contributed by atoms with Gasteiger partial charge in [0, 0.05) is 127 Å². The molecule has 11 N–H and O–H groups in total. The number of H-pyrrole nitrogens is 1. The van der Waals surface area contributed by atoms with Gasteiger partial charge in [-0.1, -0.05) is 181 Å². The van der Waals surface area contributed by atoms with Crippen molar-refractivity contribution in [3.63, 3.8) is 0 Å². The molecule has 133 heavy (non-hydrogen) atoms. The van der Waals surface area contributed by atoms with E-state index in [0.717, 1.165) is 11.8 Å². The highest BCUT2D eigenvalue weighted by Crippen LogP contribution is 2.31. The zero-order valence-corrected chi connectivity index (χ0v) is 77.5. The molecule has 10 rings (SSSR count). The van der Waals surface area contributed by atoms with Crippen molar-refractivity contribution in [2.45, 2.75) is 217 Å². The maximum absolute atomic E-state index is 15.8. The van der Waals surface area contributed by atoms with E-state index in [4.69, 9.17) is 10.5 Å². The molecular formula is C100H125N13O19S. The molecule has 6 aromatic carbocycles. The number of rotatable bonds is 25. The van der Waals surface area contributed by atoms with Crippen molar-refractivity contribution >= 4 is 117 Å². The molecule has 7 aromatic rings. The van der Waals surface area contributed by atoms with Crippen molar-refractivity contribution < 1.29 is 91.7 Å². The molecule has 0 aliphatic carbocycles. The number of aromatic nitrogens is 1. The van der Waals surface area contributed by atoms with E-state index in [9.17, 15) is 29.4 Å². The third-order valence-corrected chi connectivity index (χ3v) is 26.1. The molecule has 0 saturated carbocycles. The Morgan fingerprint density at radius 1 is 0.496 bits per heavy atom. The number of ketones is 3. The van der Waals surface area contributed by atoms with Gasteiger partial charge in [0.1, 0.15) is 78.3 Å². The van der Waals surface area contributed by atoms with Crippen molar-refractivity contribution in [3.8, 4) is 11.5 Å². The van der Waals surface area contributed by atoms with Crippen LogP contribution in [-0.2, 0) is 120 Å². The molecule has 3 aliphatic heterocycles. The van der Waals surface area contributed by atoms with Gasteiger partial charge in [-0.25, -0.2) is 0 Å². The maximum Gasteiger partial charge on any atom is 0.293 e. The van der Waals surface area contributed by atoms with Crippen LogP contribution < -0.4 is 37.6 Å². The van der Waals surface area contributed by atoms with Crippen LogP contribution in [0.15, 0.2) is 170 Å². The predicted octanol–water partition coefficient (Wildman–Crippen LogP) is 6.50. The molecule has 12 amide bonds. The highest BCUT2D eigenvalue weighted by molar-refractivity contribution is 8.00. The van der Waals surface area contributed by atoms with Crippen LogP contribution in [-0.4, -0.2) is 253 Å². The molecule has 3 aliphatic rings. The molecule has 32 nitrogen and oxygen atoms in total. The highest BCUT2D eigenvalue weighted by Gasteiger charge is 2.46. The Bertz CT molecular complexity index is 5220. The van der Waals surface area contributed by atoms with Crippen LogP contribution in [0.4, 0.5) is 0 Å². The lowest BCUT2D eigenvalue weighted by atomic mass is 9.83. The minimum atomic E-state index is -1.57. The van der Waals surface area contributed by atoms with E-state index in [1.165, 1.54) is 82.0 Å². The molecule has 1 aromatic heterocycles. The highest BCUT2D eigenvalue weighted by atomic mass is 32.2. The van der Waals surface area contributed by atoms with Crippen molar-refractivity contribution in [3.05, 3.63) is 203 Å². The van der Waals surface area contributed by atoms with Crippen LogP contribution >= 0.6 is 11.8 Å². The monoisotopic (exact) mass is 1840 g/mol. The number of Topliss-reactive ketones (excluding diaryl/α,β-unsaturated/α-hetero) is 3. The Morgan fingerprint density at radius 3 is 1.56 bits per heavy atom. The van der Waals surface area contributed by atoms with E-state index in [1.54, 1.807) is 149 Å². The second kappa shape index (κ2) is 49.4. The number of likely N-dealkylation sites (N-methyl/N-ethyl adjacent to an activating group) is 3. The van der Waals surface area contributed by atoms with Gasteiger partial charge in [0.05, 0.1) is 23.8 Å². The third-order valence-electron chi connectivity index (χ3n) is 25.1. The van der Waals surface area contributed by atoms with Gasteiger partial charge in [0.2, 0.25) is 70.9 Å². The van der Waals surface area contributed by atoms with Crippen molar-refractivity contribution in [2.75, 3.05) is 52.3 Å². The van der Waals surface area contributed by atoms with E-state index in [-0.39, 0.29) is 113 Å². The number of phenolic OH excluding ortho intramolecular Hbond substituents is 2. The van der Waals surface area contributed by atoms with E-state index in [1.807, 2.05) is 19.1 Å². The number of amides is 12. The molecular weight excluding hydrogens is 1720 g/mol. The number of primary amides is 1. The lowest BCUT2D eigenvalue weighted by Gasteiger charge is -2.38. The summed E-state index contributed by atoms with van der Waals surface area (Å²) < 4.78 is 5.26. The van der Waals surface area contributed by atoms with Gasteiger partial charge in [0.25, 0.3) is 6.47 Å². The number of ether oxygens (including phenoxy) is 1. The molecule has 4 heterocycles. The fourth-order valence-corrected chi connectivity index (χ4v) is 18.4. The first-order valence-electron chi connectivity index (χ1n) is 45.6. The number of benzene rings is 6. The summed E-state index contributed by atoms with van der Waals surface area (Å²) in [6.45, 7) is 8.45. The Kier molecular flexibility index (Phi) is 37.9. The summed E-state index contributed by atoms with van der Waals surface area (Å²) in [5, 5.41) is 38.8. The average molecular weight is 1850 g/mol. The van der Waals surface area contributed by atoms with E-state index < -0.39 is 210 Å². The number of nitrogens with one attached hydrogen (secondary N) is 7. The van der Waals surface area contributed by atoms with E-state index >= 15 is 57.5 Å². The number of aromatic hydroxyl groups is 2. The van der Waals surface area contributed by atoms with Gasteiger partial charge in [-0.05, 0) is 114 Å². The zero-order valence-electron chi connectivity index (χ0n) is 76.7. The van der Waals surface area contributed by atoms with Crippen LogP contribution in [0.2, 0.25) is 0 Å². The van der Waals surface area contributed by atoms with Gasteiger partial charge in [-0.2, -0.15) is 0 Å². The smallest absolute Gasteiger partial charge is 0.293 e. The molecule has 3 fully saturated rings. The number of hydrogen-bond acceptors (Lipinski definition) is 20. The van der Waals surface area contributed by atoms with Gasteiger partial charge in [-0.3, -0.25) is 76.7 Å². The quantitative estimate of drug-likeness (QED) is 0.0273. The molecule has 3 saturated heterocycles. The van der Waals surface area contributed by atoms with Crippen LogP contribution in [0.1, 0.15) is 145 Å². The first-order valence-corrected chi connectivity index (χ1v) is 46.8. The number of para-hydroxylation sites is 1. The number of carbonyl (C=O) groups excluding carboxylic acids is 16. The van der Waals surface area contributed by atoms with Crippen LogP contribution in [0.5, 0.6) is 11.5 Å².